The van der Waals surface area contributed by atoms with Crippen molar-refractivity contribution in [2.24, 2.45) is 5.10 Å². The molecular formula is C10H11AsN2O5. The van der Waals surface area contributed by atoms with Crippen LogP contribution < -0.4 is 5.43 Å². The Bertz CT molecular complexity index is 478. The first-order valence-electron chi connectivity index (χ1n) is 4.83. The second kappa shape index (κ2) is 6.28. The van der Waals surface area contributed by atoms with Crippen molar-refractivity contribution in [2.45, 2.75) is 4.71 Å². The van der Waals surface area contributed by atoms with Crippen LogP contribution in [0, 0.1) is 0 Å². The van der Waals surface area contributed by atoms with Crippen LogP contribution in [0.4, 0.5) is 0 Å². The number of nitrogens with one attached hydrogen (secondary N) is 1. The van der Waals surface area contributed by atoms with E-state index in [-0.39, 0.29) is 12.2 Å². The van der Waals surface area contributed by atoms with Crippen LogP contribution >= 0.6 is 0 Å². The van der Waals surface area contributed by atoms with Crippen molar-refractivity contribution in [3.8, 4) is 17.2 Å². The predicted octanol–water partition coefficient (Wildman–Crippen LogP) is -0.797. The van der Waals surface area contributed by atoms with Crippen molar-refractivity contribution in [3.63, 3.8) is 0 Å². The van der Waals surface area contributed by atoms with E-state index >= 15 is 0 Å². The summed E-state index contributed by atoms with van der Waals surface area (Å²) >= 11 is 1.98. The van der Waals surface area contributed by atoms with Gasteiger partial charge in [-0.25, -0.2) is 0 Å². The van der Waals surface area contributed by atoms with E-state index < -0.39 is 27.9 Å². The van der Waals surface area contributed by atoms with Gasteiger partial charge in [-0.05, 0) is 0 Å². The van der Waals surface area contributed by atoms with E-state index in [0.29, 0.717) is 0 Å². The molecule has 0 heterocycles. The number of nitrogens with zero attached hydrogens (tertiary/aromatic N) is 1. The molecule has 18 heavy (non-hydrogen) atoms. The average molecular weight is 314 g/mol. The second-order valence-electron chi connectivity index (χ2n) is 3.30. The van der Waals surface area contributed by atoms with Crippen molar-refractivity contribution in [3.05, 3.63) is 17.7 Å². The third kappa shape index (κ3) is 3.38. The fourth-order valence-electron chi connectivity index (χ4n) is 1.01. The summed E-state index contributed by atoms with van der Waals surface area (Å²) in [5.41, 5.74) is 2.26. The van der Waals surface area contributed by atoms with Crippen LogP contribution in [-0.2, 0) is 4.79 Å². The van der Waals surface area contributed by atoms with Crippen LogP contribution in [-0.4, -0.2) is 56.0 Å². The Labute approximate surface area is 111 Å². The normalized spacial score (nSPS) is 12.6. The van der Waals surface area contributed by atoms with Crippen molar-refractivity contribution >= 4 is 29.0 Å². The number of rotatable bonds is 4. The summed E-state index contributed by atoms with van der Waals surface area (Å²) < 4.78 is -0.656. The van der Waals surface area contributed by atoms with Crippen molar-refractivity contribution in [1.29, 1.82) is 0 Å². The van der Waals surface area contributed by atoms with Gasteiger partial charge >= 0.3 is 111 Å². The first-order chi connectivity index (χ1) is 8.47. The number of carbonyl (C=O) groups excluding carboxylic acids is 1. The molecule has 2 radical (unpaired) electrons. The number of phenolic OH excluding ortho intramolecular Hbond substituents is 3. The van der Waals surface area contributed by atoms with Crippen molar-refractivity contribution < 1.29 is 25.2 Å². The van der Waals surface area contributed by atoms with Crippen molar-refractivity contribution in [2.75, 3.05) is 6.61 Å². The van der Waals surface area contributed by atoms with Gasteiger partial charge in [-0.15, -0.1) is 0 Å². The molecule has 0 aliphatic rings. The molecule has 5 N–H and O–H groups in total. The van der Waals surface area contributed by atoms with E-state index in [1.807, 2.05) is 16.9 Å². The topological polar surface area (TPSA) is 122 Å². The molecule has 7 nitrogen and oxygen atoms in total. The van der Waals surface area contributed by atoms with Gasteiger partial charge < -0.3 is 0 Å². The molecule has 96 valence electrons. The van der Waals surface area contributed by atoms with Gasteiger partial charge in [0.15, 0.2) is 0 Å². The second-order valence-corrected chi connectivity index (χ2v) is 4.61. The minimum absolute atomic E-state index is 0.122. The minimum atomic E-state index is -0.661. The molecule has 1 atom stereocenters. The molecule has 0 saturated heterocycles. The van der Waals surface area contributed by atoms with E-state index in [9.17, 15) is 15.0 Å². The van der Waals surface area contributed by atoms with Crippen LogP contribution in [0.25, 0.3) is 0 Å². The summed E-state index contributed by atoms with van der Waals surface area (Å²) in [6.07, 6.45) is 1.10. The third-order valence-electron chi connectivity index (χ3n) is 2.02. The zero-order valence-corrected chi connectivity index (χ0v) is 11.0. The van der Waals surface area contributed by atoms with Crippen LogP contribution in [0.15, 0.2) is 17.2 Å². The maximum absolute atomic E-state index is 11.2. The number of carbonyl (C=O) groups is 1. The van der Waals surface area contributed by atoms with Crippen LogP contribution in [0.3, 0.4) is 0 Å². The average Bonchev–Trinajstić information content (AvgIpc) is 2.37. The molecule has 1 unspecified atom stereocenters. The first-order valence-corrected chi connectivity index (χ1v) is 5.91. The maximum atomic E-state index is 11.2. The zero-order chi connectivity index (χ0) is 13.7. The summed E-state index contributed by atoms with van der Waals surface area (Å²) in [5, 5.41) is 40.0. The molecule has 1 aromatic carbocycles. The van der Waals surface area contributed by atoms with Gasteiger partial charge in [-0.3, -0.25) is 0 Å². The van der Waals surface area contributed by atoms with E-state index in [1.165, 1.54) is 12.1 Å². The van der Waals surface area contributed by atoms with E-state index in [1.54, 1.807) is 0 Å². The summed E-state index contributed by atoms with van der Waals surface area (Å²) in [6.45, 7) is -0.327. The molecule has 8 heteroatoms. The Balaban J connectivity index is 2.74. The fraction of sp³-hybridized carbons (Fsp3) is 0.200. The SMILES string of the molecule is O=C(NN=Cc1ccc(O)c(O)c1O)C([As])CO. The Morgan fingerprint density at radius 2 is 2.06 bits per heavy atom. The van der Waals surface area contributed by atoms with Gasteiger partial charge in [0, 0.05) is 0 Å². The summed E-state index contributed by atoms with van der Waals surface area (Å²) in [4.78, 5) is 11.2. The number of aliphatic hydroxyl groups is 1. The molecule has 0 spiro atoms. The summed E-state index contributed by atoms with van der Waals surface area (Å²) in [5.74, 6) is -2.17. The van der Waals surface area contributed by atoms with Gasteiger partial charge in [-0.2, -0.15) is 0 Å². The molecule has 0 aliphatic heterocycles. The van der Waals surface area contributed by atoms with Crippen LogP contribution in [0.5, 0.6) is 17.2 Å². The molecule has 0 saturated carbocycles. The standard InChI is InChI=1S/C10H11AsN2O5/c11-6(4-14)10(18)13-12-3-5-1-2-7(15)9(17)8(5)16/h1-3,6,14-17H,4H2,(H,13,18). The van der Waals surface area contributed by atoms with Gasteiger partial charge in [0.1, 0.15) is 0 Å². The molecule has 0 fully saturated rings. The molecular weight excluding hydrogens is 303 g/mol. The third-order valence-corrected chi connectivity index (χ3v) is 2.85. The molecule has 0 aliphatic carbocycles. The summed E-state index contributed by atoms with van der Waals surface area (Å²) in [7, 11) is 0. The zero-order valence-electron chi connectivity index (χ0n) is 9.11. The number of benzene rings is 1. The monoisotopic (exact) mass is 314 g/mol. The Morgan fingerprint density at radius 3 is 2.67 bits per heavy atom. The number of aliphatic hydroxyl groups excluding tert-OH is 1. The van der Waals surface area contributed by atoms with Crippen LogP contribution in [0.1, 0.15) is 5.56 Å². The molecule has 1 rings (SSSR count). The number of phenols is 3. The quantitative estimate of drug-likeness (QED) is 0.216. The van der Waals surface area contributed by atoms with E-state index in [4.69, 9.17) is 10.2 Å². The number of amides is 1. The van der Waals surface area contributed by atoms with Gasteiger partial charge in [0.2, 0.25) is 0 Å². The summed E-state index contributed by atoms with van der Waals surface area (Å²) in [6, 6.07) is 2.48. The number of hydrogen-bond acceptors (Lipinski definition) is 6. The first kappa shape index (κ1) is 14.3. The van der Waals surface area contributed by atoms with Gasteiger partial charge in [-0.1, -0.05) is 0 Å². The van der Waals surface area contributed by atoms with E-state index in [0.717, 1.165) is 6.21 Å². The Kier molecular flexibility index (Phi) is 5.00. The molecule has 0 bridgehead atoms. The Morgan fingerprint density at radius 1 is 1.39 bits per heavy atom. The van der Waals surface area contributed by atoms with Crippen molar-refractivity contribution in [1.82, 2.24) is 5.43 Å². The Hall–Kier alpha value is -1.72. The van der Waals surface area contributed by atoms with Crippen LogP contribution in [0.2, 0.25) is 4.71 Å². The molecule has 1 aromatic rings. The van der Waals surface area contributed by atoms with Gasteiger partial charge in [0.05, 0.1) is 0 Å². The molecule has 1 amide bonds. The molecule has 0 aromatic heterocycles. The van der Waals surface area contributed by atoms with E-state index in [2.05, 4.69) is 10.5 Å². The van der Waals surface area contributed by atoms with Gasteiger partial charge in [0.25, 0.3) is 0 Å². The number of hydrazone groups is 1. The number of aromatic hydroxyl groups is 3. The fourth-order valence-corrected chi connectivity index (χ4v) is 1.13. The predicted molar refractivity (Wildman–Crippen MR) is 63.8 cm³/mol. The number of hydrogen-bond donors (Lipinski definition) is 5.